The van der Waals surface area contributed by atoms with E-state index in [1.807, 2.05) is 18.2 Å². The maximum Gasteiger partial charge on any atom is 0.404 e. The van der Waals surface area contributed by atoms with Gasteiger partial charge >= 0.3 is 6.09 Å². The minimum atomic E-state index is -1.25. The van der Waals surface area contributed by atoms with Crippen LogP contribution in [0.25, 0.3) is 0 Å². The van der Waals surface area contributed by atoms with E-state index >= 15 is 0 Å². The van der Waals surface area contributed by atoms with Crippen molar-refractivity contribution < 1.29 is 33.3 Å². The van der Waals surface area contributed by atoms with Gasteiger partial charge in [0.05, 0.1) is 10.0 Å². The zero-order valence-electron chi connectivity index (χ0n) is 20.6. The summed E-state index contributed by atoms with van der Waals surface area (Å²) in [5.41, 5.74) is 0.752. The predicted octanol–water partition coefficient (Wildman–Crippen LogP) is 4.73. The van der Waals surface area contributed by atoms with Crippen LogP contribution < -0.4 is 15.5 Å². The molecule has 0 atom stereocenters. The number of amides is 2. The lowest BCUT2D eigenvalue weighted by Gasteiger charge is -2.24. The lowest BCUT2D eigenvalue weighted by Crippen LogP contribution is -2.38. The zero-order valence-corrected chi connectivity index (χ0v) is 22.1. The third kappa shape index (κ3) is 7.72. The summed E-state index contributed by atoms with van der Waals surface area (Å²) in [6, 6.07) is 15.0. The van der Waals surface area contributed by atoms with Crippen LogP contribution in [0.5, 0.6) is 5.75 Å². The second-order valence-corrected chi connectivity index (χ2v) is 8.77. The number of carbonyl (C=O) groups excluding carboxylic acids is 1. The number of halogens is 2. The summed E-state index contributed by atoms with van der Waals surface area (Å²) >= 11 is 12.2. The van der Waals surface area contributed by atoms with Crippen LogP contribution >= 0.6 is 23.2 Å². The molecule has 12 heteroatoms. The molecule has 0 spiro atoms. The number of ether oxygens (including phenoxy) is 3. The van der Waals surface area contributed by atoms with Gasteiger partial charge in [0.15, 0.2) is 5.76 Å². The highest BCUT2D eigenvalue weighted by Gasteiger charge is 2.28. The first-order chi connectivity index (χ1) is 18.2. The van der Waals surface area contributed by atoms with Crippen LogP contribution in [0.4, 0.5) is 4.79 Å². The van der Waals surface area contributed by atoms with Gasteiger partial charge in [0.25, 0.3) is 5.91 Å². The van der Waals surface area contributed by atoms with Crippen molar-refractivity contribution in [2.24, 2.45) is 0 Å². The van der Waals surface area contributed by atoms with Crippen LogP contribution in [0.2, 0.25) is 10.0 Å². The lowest BCUT2D eigenvalue weighted by atomic mass is 10.2. The van der Waals surface area contributed by atoms with E-state index in [9.17, 15) is 14.4 Å². The summed E-state index contributed by atoms with van der Waals surface area (Å²) in [7, 11) is 2.70. The molecule has 2 N–H and O–H groups in total. The quantitative estimate of drug-likeness (QED) is 0.302. The van der Waals surface area contributed by atoms with E-state index in [4.69, 9.17) is 46.9 Å². The van der Waals surface area contributed by atoms with Crippen molar-refractivity contribution in [1.29, 1.82) is 0 Å². The molecular formula is C26H26Cl2N2O8. The molecule has 3 aromatic rings. The average molecular weight is 565 g/mol. The number of hydrogen-bond donors (Lipinski definition) is 2. The summed E-state index contributed by atoms with van der Waals surface area (Å²) in [5, 5.41) is 11.8. The van der Waals surface area contributed by atoms with Crippen molar-refractivity contribution >= 4 is 35.2 Å². The summed E-state index contributed by atoms with van der Waals surface area (Å²) in [6.45, 7) is -0.154. The Morgan fingerprint density at radius 2 is 1.74 bits per heavy atom. The van der Waals surface area contributed by atoms with Crippen molar-refractivity contribution in [3.05, 3.63) is 97.5 Å². The molecule has 0 fully saturated rings. The first-order valence-corrected chi connectivity index (χ1v) is 12.1. The number of rotatable bonds is 12. The fourth-order valence-electron chi connectivity index (χ4n) is 3.50. The molecule has 0 aliphatic heterocycles. The van der Waals surface area contributed by atoms with Gasteiger partial charge in [-0.1, -0.05) is 59.6 Å². The predicted molar refractivity (Wildman–Crippen MR) is 140 cm³/mol. The molecule has 2 amide bonds. The topological polar surface area (TPSA) is 128 Å². The van der Waals surface area contributed by atoms with Crippen LogP contribution in [-0.2, 0) is 22.6 Å². The van der Waals surface area contributed by atoms with Gasteiger partial charge in [-0.2, -0.15) is 0 Å². The van der Waals surface area contributed by atoms with E-state index in [0.717, 1.165) is 11.6 Å². The van der Waals surface area contributed by atoms with Crippen molar-refractivity contribution in [3.8, 4) is 5.75 Å². The van der Waals surface area contributed by atoms with E-state index in [1.54, 1.807) is 30.3 Å². The van der Waals surface area contributed by atoms with Crippen molar-refractivity contribution in [2.75, 3.05) is 27.3 Å². The number of carboxylic acid groups (broad SMARTS) is 1. The Bertz CT molecular complexity index is 1310. The minimum Gasteiger partial charge on any atom is -0.481 e. The molecule has 1 heterocycles. The highest BCUT2D eigenvalue weighted by Crippen LogP contribution is 2.26. The van der Waals surface area contributed by atoms with Crippen LogP contribution in [0.15, 0.2) is 63.8 Å². The molecule has 202 valence electrons. The molecule has 0 saturated carbocycles. The first-order valence-electron chi connectivity index (χ1n) is 11.3. The molecular weight excluding hydrogens is 539 g/mol. The van der Waals surface area contributed by atoms with Gasteiger partial charge < -0.3 is 34.0 Å². The van der Waals surface area contributed by atoms with Gasteiger partial charge in [-0.3, -0.25) is 9.59 Å². The van der Waals surface area contributed by atoms with E-state index in [1.165, 1.54) is 19.1 Å². The van der Waals surface area contributed by atoms with Gasteiger partial charge in [0.1, 0.15) is 6.61 Å². The Morgan fingerprint density at radius 3 is 2.37 bits per heavy atom. The number of nitrogens with one attached hydrogen (secondary N) is 1. The summed E-state index contributed by atoms with van der Waals surface area (Å²) in [6.07, 6.45) is -2.31. The number of nitrogens with zero attached hydrogens (tertiary/aromatic N) is 1. The second-order valence-electron chi connectivity index (χ2n) is 7.96. The number of methoxy groups -OCH3 is 2. The fourth-order valence-corrected chi connectivity index (χ4v) is 3.83. The van der Waals surface area contributed by atoms with Gasteiger partial charge in [-0.05, 0) is 23.3 Å². The maximum atomic E-state index is 13.8. The molecule has 0 aliphatic rings. The second kappa shape index (κ2) is 13.8. The van der Waals surface area contributed by atoms with Crippen LogP contribution in [-0.4, -0.2) is 49.3 Å². The zero-order chi connectivity index (χ0) is 27.7. The molecule has 2 aromatic carbocycles. The average Bonchev–Trinajstić information content (AvgIpc) is 2.90. The van der Waals surface area contributed by atoms with Gasteiger partial charge in [-0.15, -0.1) is 0 Å². The molecule has 1 aromatic heterocycles. The standard InChI is InChI=1S/C26H26Cl2N2O8/c1-35-25(36-2)21-13-20(31)22(37-15-16-6-4-3-5-7-16)23(38-21)24(32)30(11-10-29-26(33)34)14-17-8-9-18(27)19(28)12-17/h3-9,12-13,25,29H,10-11,14-15H2,1-2H3,(H,33,34). The highest BCUT2D eigenvalue weighted by atomic mass is 35.5. The van der Waals surface area contributed by atoms with Crippen molar-refractivity contribution in [2.45, 2.75) is 19.4 Å². The maximum absolute atomic E-state index is 13.8. The first kappa shape index (κ1) is 29.0. The lowest BCUT2D eigenvalue weighted by molar-refractivity contribution is -0.119. The Balaban J connectivity index is 2.03. The molecule has 0 unspecified atom stereocenters. The molecule has 0 radical (unpaired) electrons. The normalized spacial score (nSPS) is 10.9. The van der Waals surface area contributed by atoms with Crippen LogP contribution in [0, 0.1) is 0 Å². The Kier molecular flexibility index (Phi) is 10.5. The van der Waals surface area contributed by atoms with E-state index < -0.39 is 29.5 Å². The van der Waals surface area contributed by atoms with Crippen LogP contribution in [0.1, 0.15) is 33.7 Å². The van der Waals surface area contributed by atoms with Gasteiger partial charge in [0, 0.05) is 39.9 Å². The largest absolute Gasteiger partial charge is 0.481 e. The smallest absolute Gasteiger partial charge is 0.404 e. The van der Waals surface area contributed by atoms with E-state index in [2.05, 4.69) is 5.32 Å². The highest BCUT2D eigenvalue weighted by molar-refractivity contribution is 6.42. The SMILES string of the molecule is COC(OC)c1cc(=O)c(OCc2ccccc2)c(C(=O)N(CCNC(=O)O)Cc2ccc(Cl)c(Cl)c2)o1. The van der Waals surface area contributed by atoms with Gasteiger partial charge in [0.2, 0.25) is 23.2 Å². The molecule has 0 aliphatic carbocycles. The monoisotopic (exact) mass is 564 g/mol. The van der Waals surface area contributed by atoms with E-state index in [-0.39, 0.29) is 42.8 Å². The van der Waals surface area contributed by atoms with Gasteiger partial charge in [-0.25, -0.2) is 4.79 Å². The summed E-state index contributed by atoms with van der Waals surface area (Å²) in [5.74, 6) is -1.47. The van der Waals surface area contributed by atoms with Crippen LogP contribution in [0.3, 0.4) is 0 Å². The number of benzene rings is 2. The molecule has 10 nitrogen and oxygen atoms in total. The summed E-state index contributed by atoms with van der Waals surface area (Å²) < 4.78 is 22.0. The van der Waals surface area contributed by atoms with E-state index in [0.29, 0.717) is 10.6 Å². The molecule has 0 bridgehead atoms. The third-order valence-electron chi connectivity index (χ3n) is 5.31. The summed E-state index contributed by atoms with van der Waals surface area (Å²) in [4.78, 5) is 39.2. The molecule has 38 heavy (non-hydrogen) atoms. The Hall–Kier alpha value is -3.57. The molecule has 3 rings (SSSR count). The minimum absolute atomic E-state index is 0.00106. The Labute approximate surface area is 228 Å². The number of hydrogen-bond acceptors (Lipinski definition) is 7. The van der Waals surface area contributed by atoms with Crippen molar-refractivity contribution in [1.82, 2.24) is 10.2 Å². The number of carbonyl (C=O) groups is 2. The third-order valence-corrected chi connectivity index (χ3v) is 6.05. The fraction of sp³-hybridized carbons (Fsp3) is 0.269. The molecule has 0 saturated heterocycles. The Morgan fingerprint density at radius 1 is 1.03 bits per heavy atom. The van der Waals surface area contributed by atoms with Crippen molar-refractivity contribution in [3.63, 3.8) is 0 Å².